The van der Waals surface area contributed by atoms with Gasteiger partial charge in [0.1, 0.15) is 11.0 Å². The molecule has 4 heterocycles. The number of rotatable bonds is 5. The standard InChI is InChI=1S/C23H26N6O4S/c1-15-3-5-18(6-4-15)34(31,32)28-12-9-19-21-20(14-25-22(19)28)26-23(33-16(2)30)29(21)27-10-7-17(13-24)8-11-27/h3-6,9,12,14,17H,7-8,10-11,13,24H2,1-2H3. The molecule has 1 aliphatic heterocycles. The van der Waals surface area contributed by atoms with Gasteiger partial charge in [0.2, 0.25) is 0 Å². The van der Waals surface area contributed by atoms with Crippen LogP contribution in [0.3, 0.4) is 0 Å². The van der Waals surface area contributed by atoms with Crippen molar-refractivity contribution in [3.63, 3.8) is 0 Å². The van der Waals surface area contributed by atoms with Gasteiger partial charge in [-0.2, -0.15) is 4.98 Å². The van der Waals surface area contributed by atoms with Crippen LogP contribution in [0.4, 0.5) is 0 Å². The number of nitrogens with two attached hydrogens (primary N) is 1. The Balaban J connectivity index is 1.68. The molecule has 2 N–H and O–H groups in total. The zero-order chi connectivity index (χ0) is 24.0. The maximum Gasteiger partial charge on any atom is 0.324 e. The quantitative estimate of drug-likeness (QED) is 0.429. The summed E-state index contributed by atoms with van der Waals surface area (Å²) in [7, 11) is -3.86. The second-order valence-electron chi connectivity index (χ2n) is 8.59. The highest BCUT2D eigenvalue weighted by molar-refractivity contribution is 7.90. The molecule has 178 valence electrons. The number of fused-ring (bicyclic) bond motifs is 3. The van der Waals surface area contributed by atoms with Gasteiger partial charge in [-0.15, -0.1) is 0 Å². The molecule has 3 aromatic heterocycles. The molecule has 0 saturated carbocycles. The van der Waals surface area contributed by atoms with Crippen LogP contribution >= 0.6 is 0 Å². The number of ether oxygens (including phenoxy) is 1. The molecule has 5 rings (SSSR count). The fourth-order valence-electron chi connectivity index (χ4n) is 4.42. The first kappa shape index (κ1) is 22.4. The van der Waals surface area contributed by atoms with Crippen LogP contribution in [0.1, 0.15) is 25.3 Å². The fraction of sp³-hybridized carbons (Fsp3) is 0.348. The molecule has 4 aromatic rings. The Morgan fingerprint density at radius 3 is 2.53 bits per heavy atom. The lowest BCUT2D eigenvalue weighted by molar-refractivity contribution is -0.132. The van der Waals surface area contributed by atoms with Gasteiger partial charge in [0.15, 0.2) is 5.65 Å². The van der Waals surface area contributed by atoms with Crippen molar-refractivity contribution in [2.45, 2.75) is 31.6 Å². The molecule has 0 radical (unpaired) electrons. The van der Waals surface area contributed by atoms with E-state index in [0.29, 0.717) is 42.0 Å². The van der Waals surface area contributed by atoms with Crippen molar-refractivity contribution in [1.29, 1.82) is 0 Å². The van der Waals surface area contributed by atoms with Crippen LogP contribution in [0.15, 0.2) is 47.6 Å². The molecule has 11 heteroatoms. The van der Waals surface area contributed by atoms with Crippen LogP contribution < -0.4 is 15.5 Å². The first-order valence-electron chi connectivity index (χ1n) is 11.1. The van der Waals surface area contributed by atoms with Crippen molar-refractivity contribution in [3.05, 3.63) is 48.3 Å². The van der Waals surface area contributed by atoms with E-state index in [4.69, 9.17) is 10.5 Å². The van der Waals surface area contributed by atoms with Gasteiger partial charge in [0, 0.05) is 31.6 Å². The average Bonchev–Trinajstić information content (AvgIpc) is 3.40. The molecule has 10 nitrogen and oxygen atoms in total. The van der Waals surface area contributed by atoms with Gasteiger partial charge in [-0.1, -0.05) is 17.7 Å². The van der Waals surface area contributed by atoms with Crippen molar-refractivity contribution in [3.8, 4) is 6.01 Å². The summed E-state index contributed by atoms with van der Waals surface area (Å²) in [5.74, 6) is -0.0530. The topological polar surface area (TPSA) is 125 Å². The van der Waals surface area contributed by atoms with Gasteiger partial charge in [-0.05, 0) is 50.4 Å². The highest BCUT2D eigenvalue weighted by Crippen LogP contribution is 2.32. The summed E-state index contributed by atoms with van der Waals surface area (Å²) in [6.45, 7) is 5.26. The molecular formula is C23H26N6O4S. The number of aromatic nitrogens is 4. The fourth-order valence-corrected chi connectivity index (χ4v) is 5.72. The summed E-state index contributed by atoms with van der Waals surface area (Å²) in [6.07, 6.45) is 4.80. The monoisotopic (exact) mass is 482 g/mol. The third kappa shape index (κ3) is 3.70. The zero-order valence-corrected chi connectivity index (χ0v) is 19.8. The number of esters is 1. The Morgan fingerprint density at radius 2 is 1.88 bits per heavy atom. The normalized spacial score (nSPS) is 15.3. The van der Waals surface area contributed by atoms with Crippen molar-refractivity contribution in [2.75, 3.05) is 24.6 Å². The van der Waals surface area contributed by atoms with Gasteiger partial charge in [0.25, 0.3) is 10.0 Å². The minimum Gasteiger partial charge on any atom is -0.391 e. The molecule has 0 bridgehead atoms. The van der Waals surface area contributed by atoms with Crippen LogP contribution in [-0.4, -0.2) is 52.6 Å². The molecule has 0 unspecified atom stereocenters. The van der Waals surface area contributed by atoms with Crippen molar-refractivity contribution < 1.29 is 17.9 Å². The van der Waals surface area contributed by atoms with E-state index in [2.05, 4.69) is 15.0 Å². The number of nitrogens with zero attached hydrogens (tertiary/aromatic N) is 5. The van der Waals surface area contributed by atoms with Crippen LogP contribution in [0.25, 0.3) is 22.1 Å². The Labute approximate surface area is 197 Å². The summed E-state index contributed by atoms with van der Waals surface area (Å²) in [6, 6.07) is 8.53. The third-order valence-corrected chi connectivity index (χ3v) is 7.94. The van der Waals surface area contributed by atoms with Crippen LogP contribution in [0, 0.1) is 12.8 Å². The molecule has 0 amide bonds. The molecule has 1 saturated heterocycles. The predicted octanol–water partition coefficient (Wildman–Crippen LogP) is 2.16. The lowest BCUT2D eigenvalue weighted by atomic mass is 9.98. The first-order valence-corrected chi connectivity index (χ1v) is 12.6. The molecule has 1 aromatic carbocycles. The zero-order valence-electron chi connectivity index (χ0n) is 19.0. The number of benzene rings is 1. The maximum atomic E-state index is 13.4. The molecular weight excluding hydrogens is 456 g/mol. The number of hydrogen-bond donors (Lipinski definition) is 1. The van der Waals surface area contributed by atoms with Gasteiger partial charge < -0.3 is 15.5 Å². The molecule has 34 heavy (non-hydrogen) atoms. The summed E-state index contributed by atoms with van der Waals surface area (Å²) in [5, 5.41) is 2.66. The lowest BCUT2D eigenvalue weighted by Gasteiger charge is -2.34. The summed E-state index contributed by atoms with van der Waals surface area (Å²) >= 11 is 0. The average molecular weight is 483 g/mol. The summed E-state index contributed by atoms with van der Waals surface area (Å²) < 4.78 is 35.1. The van der Waals surface area contributed by atoms with Crippen LogP contribution in [-0.2, 0) is 14.8 Å². The number of imidazole rings is 1. The second kappa shape index (κ2) is 8.41. The van der Waals surface area contributed by atoms with Crippen LogP contribution in [0.5, 0.6) is 6.01 Å². The molecule has 1 fully saturated rings. The molecule has 0 aliphatic carbocycles. The highest BCUT2D eigenvalue weighted by Gasteiger charge is 2.27. The molecule has 1 aliphatic rings. The number of carbonyl (C=O) groups is 1. The maximum absolute atomic E-state index is 13.4. The third-order valence-electron chi connectivity index (χ3n) is 6.26. The van der Waals surface area contributed by atoms with Crippen molar-refractivity contribution in [2.24, 2.45) is 11.7 Å². The first-order chi connectivity index (χ1) is 16.3. The van der Waals surface area contributed by atoms with E-state index >= 15 is 0 Å². The van der Waals surface area contributed by atoms with Crippen molar-refractivity contribution >= 4 is 38.1 Å². The number of aryl methyl sites for hydroxylation is 1. The predicted molar refractivity (Wildman–Crippen MR) is 128 cm³/mol. The van der Waals surface area contributed by atoms with E-state index in [1.807, 2.05) is 6.92 Å². The van der Waals surface area contributed by atoms with Crippen molar-refractivity contribution in [1.82, 2.24) is 18.6 Å². The van der Waals surface area contributed by atoms with E-state index in [0.717, 1.165) is 18.4 Å². The largest absolute Gasteiger partial charge is 0.391 e. The Hall–Kier alpha value is -3.44. The van der Waals surface area contributed by atoms with Gasteiger partial charge >= 0.3 is 12.0 Å². The van der Waals surface area contributed by atoms with Crippen LogP contribution in [0.2, 0.25) is 0 Å². The Bertz CT molecular complexity index is 1480. The highest BCUT2D eigenvalue weighted by atomic mass is 32.2. The smallest absolute Gasteiger partial charge is 0.324 e. The van der Waals surface area contributed by atoms with E-state index in [1.54, 1.807) is 35.0 Å². The lowest BCUT2D eigenvalue weighted by Crippen LogP contribution is -2.43. The molecule has 0 spiro atoms. The molecule has 0 atom stereocenters. The minimum atomic E-state index is -3.86. The van der Waals surface area contributed by atoms with Gasteiger partial charge in [0.05, 0.1) is 11.1 Å². The van der Waals surface area contributed by atoms with Gasteiger partial charge in [-0.3, -0.25) is 4.79 Å². The Morgan fingerprint density at radius 1 is 1.18 bits per heavy atom. The minimum absolute atomic E-state index is 0.136. The summed E-state index contributed by atoms with van der Waals surface area (Å²) in [4.78, 5) is 20.9. The number of piperidine rings is 1. The second-order valence-corrected chi connectivity index (χ2v) is 10.4. The van der Waals surface area contributed by atoms with E-state index < -0.39 is 16.0 Å². The number of carbonyl (C=O) groups excluding carboxylic acids is 1. The number of pyridine rings is 1. The SMILES string of the molecule is CC(=O)Oc1nc2cnc3c(ccn3S(=O)(=O)c3ccc(C)cc3)c2n1N1CCC(CN)CC1. The number of hydrogen-bond acceptors (Lipinski definition) is 8. The van der Waals surface area contributed by atoms with E-state index in [9.17, 15) is 13.2 Å². The Kier molecular flexibility index (Phi) is 5.53. The van der Waals surface area contributed by atoms with E-state index in [-0.39, 0.29) is 16.6 Å². The van der Waals surface area contributed by atoms with E-state index in [1.165, 1.54) is 23.3 Å². The summed E-state index contributed by atoms with van der Waals surface area (Å²) in [5.41, 5.74) is 8.25. The van der Waals surface area contributed by atoms with Gasteiger partial charge in [-0.25, -0.2) is 22.1 Å².